The van der Waals surface area contributed by atoms with Crippen molar-refractivity contribution in [1.29, 1.82) is 0 Å². The van der Waals surface area contributed by atoms with Gasteiger partial charge in [-0.2, -0.15) is 0 Å². The Kier molecular flexibility index (Phi) is 6.43. The zero-order valence-electron chi connectivity index (χ0n) is 17.8. The van der Waals surface area contributed by atoms with Gasteiger partial charge in [0, 0.05) is 35.6 Å². The lowest BCUT2D eigenvalue weighted by Gasteiger charge is -2.27. The van der Waals surface area contributed by atoms with E-state index in [0.717, 1.165) is 22.6 Å². The number of carbonyl (C=O) groups is 1. The molecule has 0 atom stereocenters. The van der Waals surface area contributed by atoms with Crippen LogP contribution in [0.2, 0.25) is 0 Å². The molecule has 7 nitrogen and oxygen atoms in total. The Morgan fingerprint density at radius 3 is 2.55 bits per heavy atom. The third-order valence-electron chi connectivity index (χ3n) is 5.02. The number of anilines is 2. The van der Waals surface area contributed by atoms with Gasteiger partial charge in [0.2, 0.25) is 5.95 Å². The largest absolute Gasteiger partial charge is 0.493 e. The van der Waals surface area contributed by atoms with Crippen LogP contribution in [0.1, 0.15) is 23.1 Å². The number of carbonyl (C=O) groups excluding carboxylic acids is 1. The molecule has 31 heavy (non-hydrogen) atoms. The number of amides is 1. The second kappa shape index (κ2) is 9.57. The molecule has 0 aliphatic carbocycles. The minimum absolute atomic E-state index is 0.277. The lowest BCUT2D eigenvalue weighted by atomic mass is 10.0. The topological polar surface area (TPSA) is 76.6 Å². The molecule has 1 aliphatic heterocycles. The van der Waals surface area contributed by atoms with Crippen LogP contribution >= 0.6 is 0 Å². The summed E-state index contributed by atoms with van der Waals surface area (Å²) in [7, 11) is 0. The van der Waals surface area contributed by atoms with Gasteiger partial charge < -0.3 is 19.7 Å². The number of hydrogen-bond acceptors (Lipinski definition) is 6. The highest BCUT2D eigenvalue weighted by molar-refractivity contribution is 6.05. The van der Waals surface area contributed by atoms with E-state index in [1.807, 2.05) is 67.3 Å². The van der Waals surface area contributed by atoms with Crippen molar-refractivity contribution in [3.8, 4) is 16.9 Å². The quantitative estimate of drug-likeness (QED) is 0.653. The lowest BCUT2D eigenvalue weighted by Crippen LogP contribution is -2.37. The van der Waals surface area contributed by atoms with Gasteiger partial charge in [0.25, 0.3) is 5.91 Å². The molecule has 0 bridgehead atoms. The van der Waals surface area contributed by atoms with Crippen molar-refractivity contribution < 1.29 is 14.3 Å². The molecule has 3 aromatic rings. The highest BCUT2D eigenvalue weighted by Crippen LogP contribution is 2.35. The summed E-state index contributed by atoms with van der Waals surface area (Å²) in [4.78, 5) is 24.2. The number of ether oxygens (including phenoxy) is 2. The van der Waals surface area contributed by atoms with E-state index < -0.39 is 0 Å². The first-order valence-electron chi connectivity index (χ1n) is 10.5. The molecule has 0 spiro atoms. The molecule has 1 aromatic heterocycles. The Bertz CT molecular complexity index is 1060. The number of morpholine rings is 1. The molecule has 0 saturated carbocycles. The van der Waals surface area contributed by atoms with Gasteiger partial charge in [-0.25, -0.2) is 9.97 Å². The average molecular weight is 418 g/mol. The van der Waals surface area contributed by atoms with E-state index in [1.165, 1.54) is 0 Å². The Labute approximate surface area is 182 Å². The number of nitrogens with zero attached hydrogens (tertiary/aromatic N) is 3. The third-order valence-corrected chi connectivity index (χ3v) is 5.02. The van der Waals surface area contributed by atoms with Crippen LogP contribution in [0.4, 0.5) is 11.6 Å². The van der Waals surface area contributed by atoms with Crippen LogP contribution < -0.4 is 15.0 Å². The van der Waals surface area contributed by atoms with E-state index in [1.54, 1.807) is 6.07 Å². The van der Waals surface area contributed by atoms with E-state index in [4.69, 9.17) is 9.47 Å². The van der Waals surface area contributed by atoms with Crippen molar-refractivity contribution in [2.75, 3.05) is 43.1 Å². The summed E-state index contributed by atoms with van der Waals surface area (Å²) in [6, 6.07) is 17.2. The second-order valence-corrected chi connectivity index (χ2v) is 7.22. The maximum Gasteiger partial charge on any atom is 0.274 e. The molecule has 2 aromatic carbocycles. The smallest absolute Gasteiger partial charge is 0.274 e. The molecule has 7 heteroatoms. The molecule has 0 unspecified atom stereocenters. The lowest BCUT2D eigenvalue weighted by molar-refractivity contribution is 0.102. The Morgan fingerprint density at radius 2 is 1.77 bits per heavy atom. The van der Waals surface area contributed by atoms with E-state index in [-0.39, 0.29) is 5.91 Å². The van der Waals surface area contributed by atoms with Crippen molar-refractivity contribution in [3.05, 3.63) is 66.0 Å². The second-order valence-electron chi connectivity index (χ2n) is 7.22. The van der Waals surface area contributed by atoms with E-state index >= 15 is 0 Å². The fourth-order valence-corrected chi connectivity index (χ4v) is 3.56. The first kappa shape index (κ1) is 20.8. The van der Waals surface area contributed by atoms with Gasteiger partial charge >= 0.3 is 0 Å². The van der Waals surface area contributed by atoms with Crippen LogP contribution in [-0.4, -0.2) is 48.8 Å². The minimum Gasteiger partial charge on any atom is -0.493 e. The van der Waals surface area contributed by atoms with Crippen LogP contribution in [-0.2, 0) is 4.74 Å². The molecular weight excluding hydrogens is 392 g/mol. The Morgan fingerprint density at radius 1 is 1.06 bits per heavy atom. The zero-order chi connectivity index (χ0) is 21.6. The molecule has 1 aliphatic rings. The van der Waals surface area contributed by atoms with E-state index in [9.17, 15) is 4.79 Å². The summed E-state index contributed by atoms with van der Waals surface area (Å²) in [6.07, 6.45) is 0. The number of rotatable bonds is 6. The van der Waals surface area contributed by atoms with Gasteiger partial charge in [0.15, 0.2) is 0 Å². The van der Waals surface area contributed by atoms with Crippen LogP contribution in [0.25, 0.3) is 11.1 Å². The minimum atomic E-state index is -0.277. The van der Waals surface area contributed by atoms with E-state index in [0.29, 0.717) is 50.2 Å². The summed E-state index contributed by atoms with van der Waals surface area (Å²) < 4.78 is 11.2. The molecule has 1 saturated heterocycles. The highest BCUT2D eigenvalue weighted by atomic mass is 16.5. The SMILES string of the molecule is CCOc1ccccc1-c1ccccc1NC(=O)c1cc(C)nc(N2CCOCC2)n1. The number of benzene rings is 2. The van der Waals surface area contributed by atoms with Crippen LogP contribution in [0, 0.1) is 6.92 Å². The van der Waals surface area contributed by atoms with Crippen molar-refractivity contribution in [2.45, 2.75) is 13.8 Å². The molecule has 0 radical (unpaired) electrons. The average Bonchev–Trinajstić information content (AvgIpc) is 2.80. The fraction of sp³-hybridized carbons (Fsp3) is 0.292. The van der Waals surface area contributed by atoms with Gasteiger partial charge in [-0.05, 0) is 32.0 Å². The molecule has 160 valence electrons. The first-order chi connectivity index (χ1) is 15.2. The Hall–Kier alpha value is -3.45. The van der Waals surface area contributed by atoms with Gasteiger partial charge in [0.05, 0.1) is 19.8 Å². The first-order valence-corrected chi connectivity index (χ1v) is 10.5. The van der Waals surface area contributed by atoms with Gasteiger partial charge in [-0.15, -0.1) is 0 Å². The van der Waals surface area contributed by atoms with Gasteiger partial charge in [-0.1, -0.05) is 36.4 Å². The van der Waals surface area contributed by atoms with Crippen LogP contribution in [0.3, 0.4) is 0 Å². The zero-order valence-corrected chi connectivity index (χ0v) is 17.8. The third kappa shape index (κ3) is 4.83. The maximum absolute atomic E-state index is 13.1. The van der Waals surface area contributed by atoms with Crippen LogP contribution in [0.5, 0.6) is 5.75 Å². The number of para-hydroxylation sites is 2. The molecule has 1 fully saturated rings. The number of aromatic nitrogens is 2. The van der Waals surface area contributed by atoms with Crippen molar-refractivity contribution in [2.24, 2.45) is 0 Å². The van der Waals surface area contributed by atoms with Crippen molar-refractivity contribution in [3.63, 3.8) is 0 Å². The molecule has 2 heterocycles. The van der Waals surface area contributed by atoms with Gasteiger partial charge in [0.1, 0.15) is 11.4 Å². The number of hydrogen-bond donors (Lipinski definition) is 1. The molecule has 1 N–H and O–H groups in total. The summed E-state index contributed by atoms with van der Waals surface area (Å²) in [6.45, 7) is 7.07. The molecule has 4 rings (SSSR count). The number of aryl methyl sites for hydroxylation is 1. The highest BCUT2D eigenvalue weighted by Gasteiger charge is 2.19. The Balaban J connectivity index is 1.63. The summed E-state index contributed by atoms with van der Waals surface area (Å²) in [5.41, 5.74) is 3.59. The summed E-state index contributed by atoms with van der Waals surface area (Å²) >= 11 is 0. The van der Waals surface area contributed by atoms with Gasteiger partial charge in [-0.3, -0.25) is 4.79 Å². The van der Waals surface area contributed by atoms with Crippen molar-refractivity contribution >= 4 is 17.5 Å². The monoisotopic (exact) mass is 418 g/mol. The predicted molar refractivity (Wildman–Crippen MR) is 121 cm³/mol. The summed E-state index contributed by atoms with van der Waals surface area (Å²) in [5.74, 6) is 1.06. The summed E-state index contributed by atoms with van der Waals surface area (Å²) in [5, 5.41) is 3.02. The van der Waals surface area contributed by atoms with Crippen molar-refractivity contribution in [1.82, 2.24) is 9.97 Å². The maximum atomic E-state index is 13.1. The predicted octanol–water partition coefficient (Wildman–Crippen LogP) is 3.94. The molecule has 1 amide bonds. The fourth-order valence-electron chi connectivity index (χ4n) is 3.56. The number of nitrogens with one attached hydrogen (secondary N) is 1. The van der Waals surface area contributed by atoms with Crippen LogP contribution in [0.15, 0.2) is 54.6 Å². The standard InChI is InChI=1S/C24H26N4O3/c1-3-31-22-11-7-5-9-19(22)18-8-4-6-10-20(18)26-23(29)21-16-17(2)25-24(27-21)28-12-14-30-15-13-28/h4-11,16H,3,12-15H2,1-2H3,(H,26,29). The molecular formula is C24H26N4O3. The van der Waals surface area contributed by atoms with E-state index in [2.05, 4.69) is 15.3 Å². The normalized spacial score (nSPS) is 13.7.